The van der Waals surface area contributed by atoms with Crippen molar-refractivity contribution in [2.45, 2.75) is 89.1 Å². The molecule has 6 heteroatoms. The van der Waals surface area contributed by atoms with Crippen molar-refractivity contribution >= 4 is 17.7 Å². The number of nitrogens with zero attached hydrogens (tertiary/aromatic N) is 1. The number of carbonyl (C=O) groups is 3. The number of hydrogen-bond acceptors (Lipinski definition) is 4. The SMILES string of the molecule is O=C(CCC(=O)c1ccc(F)cc1)OCC(=O)N(C1CCCCC1)C1CCCCC1. The number of ether oxygens (including phenoxy) is 1. The van der Waals surface area contributed by atoms with E-state index in [1.807, 2.05) is 4.90 Å². The monoisotopic (exact) mass is 417 g/mol. The fourth-order valence-corrected chi connectivity index (χ4v) is 4.71. The lowest BCUT2D eigenvalue weighted by molar-refractivity contribution is -0.155. The first-order valence-electron chi connectivity index (χ1n) is 11.3. The van der Waals surface area contributed by atoms with E-state index in [1.165, 1.54) is 37.1 Å². The lowest BCUT2D eigenvalue weighted by atomic mass is 9.88. The third kappa shape index (κ3) is 6.38. The Labute approximate surface area is 178 Å². The van der Waals surface area contributed by atoms with Gasteiger partial charge in [-0.1, -0.05) is 38.5 Å². The lowest BCUT2D eigenvalue weighted by Crippen LogP contribution is -2.50. The van der Waals surface area contributed by atoms with Crippen molar-refractivity contribution in [3.8, 4) is 0 Å². The summed E-state index contributed by atoms with van der Waals surface area (Å²) >= 11 is 0. The summed E-state index contributed by atoms with van der Waals surface area (Å²) in [7, 11) is 0. The van der Waals surface area contributed by atoms with Gasteiger partial charge >= 0.3 is 5.97 Å². The Bertz CT molecular complexity index is 703. The first-order chi connectivity index (χ1) is 14.5. The normalized spacial score (nSPS) is 18.0. The van der Waals surface area contributed by atoms with Gasteiger partial charge in [-0.2, -0.15) is 0 Å². The fraction of sp³-hybridized carbons (Fsp3) is 0.625. The van der Waals surface area contributed by atoms with Gasteiger partial charge in [-0.15, -0.1) is 0 Å². The Morgan fingerprint density at radius 3 is 1.90 bits per heavy atom. The molecule has 0 aliphatic heterocycles. The second-order valence-corrected chi connectivity index (χ2v) is 8.48. The van der Waals surface area contributed by atoms with Gasteiger partial charge < -0.3 is 9.64 Å². The van der Waals surface area contributed by atoms with Crippen molar-refractivity contribution in [1.82, 2.24) is 4.90 Å². The zero-order valence-corrected chi connectivity index (χ0v) is 17.6. The highest BCUT2D eigenvalue weighted by Crippen LogP contribution is 2.30. The Morgan fingerprint density at radius 2 is 1.37 bits per heavy atom. The Balaban J connectivity index is 1.49. The minimum Gasteiger partial charge on any atom is -0.456 e. The molecule has 1 aromatic carbocycles. The molecule has 0 radical (unpaired) electrons. The average molecular weight is 418 g/mol. The van der Waals surface area contributed by atoms with Crippen molar-refractivity contribution in [3.05, 3.63) is 35.6 Å². The molecule has 0 saturated heterocycles. The molecule has 2 fully saturated rings. The number of ketones is 1. The predicted octanol–water partition coefficient (Wildman–Crippen LogP) is 4.83. The van der Waals surface area contributed by atoms with Gasteiger partial charge in [-0.05, 0) is 49.9 Å². The zero-order valence-electron chi connectivity index (χ0n) is 17.6. The number of benzene rings is 1. The van der Waals surface area contributed by atoms with Crippen LogP contribution in [0.3, 0.4) is 0 Å². The van der Waals surface area contributed by atoms with Crippen LogP contribution in [0.2, 0.25) is 0 Å². The van der Waals surface area contributed by atoms with Gasteiger partial charge in [-0.3, -0.25) is 14.4 Å². The molecule has 5 nitrogen and oxygen atoms in total. The van der Waals surface area contributed by atoms with Crippen molar-refractivity contribution in [3.63, 3.8) is 0 Å². The topological polar surface area (TPSA) is 63.7 Å². The van der Waals surface area contributed by atoms with E-state index in [4.69, 9.17) is 4.74 Å². The first-order valence-corrected chi connectivity index (χ1v) is 11.3. The van der Waals surface area contributed by atoms with Crippen LogP contribution in [-0.2, 0) is 14.3 Å². The largest absolute Gasteiger partial charge is 0.456 e. The Kier molecular flexibility index (Phi) is 8.40. The van der Waals surface area contributed by atoms with Gasteiger partial charge in [0.1, 0.15) is 5.82 Å². The van der Waals surface area contributed by atoms with Gasteiger partial charge in [0.25, 0.3) is 5.91 Å². The Hall–Kier alpha value is -2.24. The van der Waals surface area contributed by atoms with Crippen molar-refractivity contribution in [2.24, 2.45) is 0 Å². The molecule has 3 rings (SSSR count). The first kappa shape index (κ1) is 22.4. The minimum atomic E-state index is -0.550. The van der Waals surface area contributed by atoms with Crippen molar-refractivity contribution in [2.75, 3.05) is 6.61 Å². The summed E-state index contributed by atoms with van der Waals surface area (Å²) in [6.45, 7) is -0.253. The molecule has 0 aromatic heterocycles. The van der Waals surface area contributed by atoms with Gasteiger partial charge in [0.15, 0.2) is 12.4 Å². The van der Waals surface area contributed by atoms with Gasteiger partial charge in [0, 0.05) is 24.1 Å². The third-order valence-corrected chi connectivity index (χ3v) is 6.30. The number of halogens is 1. The van der Waals surface area contributed by atoms with Crippen LogP contribution < -0.4 is 0 Å². The van der Waals surface area contributed by atoms with Crippen LogP contribution in [0.25, 0.3) is 0 Å². The van der Waals surface area contributed by atoms with Crippen molar-refractivity contribution in [1.29, 1.82) is 0 Å². The van der Waals surface area contributed by atoms with E-state index < -0.39 is 11.8 Å². The standard InChI is InChI=1S/C24H32FNO4/c25-19-13-11-18(12-14-19)22(27)15-16-24(29)30-17-23(28)26(20-7-3-1-4-8-20)21-9-5-2-6-10-21/h11-14,20-21H,1-10,15-17H2. The maximum atomic E-state index is 13.0. The van der Waals surface area contributed by atoms with E-state index in [0.717, 1.165) is 51.4 Å². The van der Waals surface area contributed by atoms with Crippen LogP contribution in [0.4, 0.5) is 4.39 Å². The highest BCUT2D eigenvalue weighted by Gasteiger charge is 2.32. The summed E-state index contributed by atoms with van der Waals surface area (Å²) in [4.78, 5) is 39.2. The third-order valence-electron chi connectivity index (χ3n) is 6.30. The fourth-order valence-electron chi connectivity index (χ4n) is 4.71. The summed E-state index contributed by atoms with van der Waals surface area (Å²) in [5.41, 5.74) is 0.362. The van der Waals surface area contributed by atoms with E-state index in [-0.39, 0.29) is 43.2 Å². The summed E-state index contributed by atoms with van der Waals surface area (Å²) in [6.07, 6.45) is 11.0. The quantitative estimate of drug-likeness (QED) is 0.449. The molecule has 0 N–H and O–H groups in total. The molecule has 0 unspecified atom stereocenters. The molecule has 2 aliphatic carbocycles. The number of amides is 1. The van der Waals surface area contributed by atoms with E-state index in [0.29, 0.717) is 5.56 Å². The molecule has 164 valence electrons. The van der Waals surface area contributed by atoms with Crippen LogP contribution in [0.15, 0.2) is 24.3 Å². The molecule has 2 saturated carbocycles. The molecule has 1 amide bonds. The highest BCUT2D eigenvalue weighted by atomic mass is 19.1. The van der Waals surface area contributed by atoms with Gasteiger partial charge in [-0.25, -0.2) is 4.39 Å². The van der Waals surface area contributed by atoms with Crippen LogP contribution >= 0.6 is 0 Å². The molecule has 0 spiro atoms. The van der Waals surface area contributed by atoms with Crippen LogP contribution in [0.5, 0.6) is 0 Å². The molecule has 30 heavy (non-hydrogen) atoms. The molecule has 0 heterocycles. The molecule has 1 aromatic rings. The lowest BCUT2D eigenvalue weighted by Gasteiger charge is -2.41. The number of hydrogen-bond donors (Lipinski definition) is 0. The summed E-state index contributed by atoms with van der Waals surface area (Å²) < 4.78 is 18.2. The second kappa shape index (κ2) is 11.2. The van der Waals surface area contributed by atoms with Crippen LogP contribution in [0, 0.1) is 5.82 Å². The molecular formula is C24H32FNO4. The van der Waals surface area contributed by atoms with Gasteiger partial charge in [0.2, 0.25) is 0 Å². The van der Waals surface area contributed by atoms with Crippen molar-refractivity contribution < 1.29 is 23.5 Å². The molecule has 0 bridgehead atoms. The average Bonchev–Trinajstić information content (AvgIpc) is 2.78. The summed E-state index contributed by atoms with van der Waals surface area (Å²) in [6, 6.07) is 5.75. The van der Waals surface area contributed by atoms with Crippen LogP contribution in [0.1, 0.15) is 87.4 Å². The van der Waals surface area contributed by atoms with E-state index in [2.05, 4.69) is 0 Å². The van der Waals surface area contributed by atoms with E-state index >= 15 is 0 Å². The predicted molar refractivity (Wildman–Crippen MR) is 112 cm³/mol. The number of rotatable bonds is 8. The Morgan fingerprint density at radius 1 is 0.833 bits per heavy atom. The molecular weight excluding hydrogens is 385 g/mol. The van der Waals surface area contributed by atoms with E-state index in [1.54, 1.807) is 0 Å². The molecule has 2 aliphatic rings. The maximum Gasteiger partial charge on any atom is 0.306 e. The minimum absolute atomic E-state index is 0.0202. The summed E-state index contributed by atoms with van der Waals surface area (Å²) in [5, 5.41) is 0. The number of Topliss-reactive ketones (excluding diaryl/α,β-unsaturated/α-hetero) is 1. The zero-order chi connectivity index (χ0) is 21.3. The maximum absolute atomic E-state index is 13.0. The summed E-state index contributed by atoms with van der Waals surface area (Å²) in [5.74, 6) is -1.31. The smallest absolute Gasteiger partial charge is 0.306 e. The number of carbonyl (C=O) groups excluding carboxylic acids is 3. The second-order valence-electron chi connectivity index (χ2n) is 8.48. The number of esters is 1. The van der Waals surface area contributed by atoms with Gasteiger partial charge in [0.05, 0.1) is 6.42 Å². The molecule has 0 atom stereocenters. The van der Waals surface area contributed by atoms with Crippen LogP contribution in [-0.4, -0.2) is 41.3 Å². The van der Waals surface area contributed by atoms with E-state index in [9.17, 15) is 18.8 Å². The highest BCUT2D eigenvalue weighted by molar-refractivity contribution is 5.97.